The molecule has 6 heteroatoms. The average Bonchev–Trinajstić information content (AvgIpc) is 3.23. The molecule has 3 aromatic rings. The summed E-state index contributed by atoms with van der Waals surface area (Å²) in [6, 6.07) is 19.3. The number of benzene rings is 2. The van der Waals surface area contributed by atoms with Crippen LogP contribution in [-0.4, -0.2) is 17.9 Å². The van der Waals surface area contributed by atoms with Crippen LogP contribution in [0.15, 0.2) is 72.1 Å². The van der Waals surface area contributed by atoms with E-state index in [1.54, 1.807) is 35.6 Å². The van der Waals surface area contributed by atoms with E-state index in [-0.39, 0.29) is 17.9 Å². The van der Waals surface area contributed by atoms with Gasteiger partial charge in [0.25, 0.3) is 5.91 Å². The van der Waals surface area contributed by atoms with E-state index in [0.717, 1.165) is 10.4 Å². The number of carbonyl (C=O) groups is 2. The first-order valence-corrected chi connectivity index (χ1v) is 10.2. The molecule has 0 aliphatic carbocycles. The van der Waals surface area contributed by atoms with Gasteiger partial charge in [0.15, 0.2) is 0 Å². The largest absolute Gasteiger partial charge is 0.347 e. The zero-order valence-electron chi connectivity index (χ0n) is 15.4. The Morgan fingerprint density at radius 2 is 1.68 bits per heavy atom. The summed E-state index contributed by atoms with van der Waals surface area (Å²) in [7, 11) is 0. The first-order valence-electron chi connectivity index (χ1n) is 8.97. The first kappa shape index (κ1) is 20.1. The van der Waals surface area contributed by atoms with Gasteiger partial charge in [-0.15, -0.1) is 11.3 Å². The zero-order chi connectivity index (χ0) is 19.9. The molecule has 3 rings (SSSR count). The van der Waals surface area contributed by atoms with Gasteiger partial charge in [0.05, 0.1) is 6.04 Å². The lowest BCUT2D eigenvalue weighted by Crippen LogP contribution is -2.48. The number of amides is 2. The highest BCUT2D eigenvalue weighted by Gasteiger charge is 2.23. The van der Waals surface area contributed by atoms with E-state index in [4.69, 9.17) is 11.6 Å². The number of hydrogen-bond donors (Lipinski definition) is 2. The monoisotopic (exact) mass is 412 g/mol. The molecular formula is C22H21ClN2O2S. The Kier molecular flexibility index (Phi) is 6.85. The molecule has 2 amide bonds. The van der Waals surface area contributed by atoms with Gasteiger partial charge in [0.2, 0.25) is 5.91 Å². The fourth-order valence-corrected chi connectivity index (χ4v) is 3.69. The summed E-state index contributed by atoms with van der Waals surface area (Å²) in [6.07, 6.45) is 0.406. The number of rotatable bonds is 7. The topological polar surface area (TPSA) is 58.2 Å². The highest BCUT2D eigenvalue weighted by molar-refractivity contribution is 7.10. The van der Waals surface area contributed by atoms with Crippen LogP contribution in [0, 0.1) is 0 Å². The van der Waals surface area contributed by atoms with Crippen molar-refractivity contribution in [2.24, 2.45) is 0 Å². The molecule has 4 nitrogen and oxygen atoms in total. The quantitative estimate of drug-likeness (QED) is 0.594. The van der Waals surface area contributed by atoms with E-state index in [9.17, 15) is 9.59 Å². The minimum atomic E-state index is -0.687. The molecule has 1 aromatic heterocycles. The van der Waals surface area contributed by atoms with E-state index in [2.05, 4.69) is 10.6 Å². The van der Waals surface area contributed by atoms with Crippen LogP contribution < -0.4 is 10.6 Å². The number of halogens is 1. The third-order valence-corrected chi connectivity index (χ3v) is 5.65. The fourth-order valence-electron chi connectivity index (χ4n) is 2.82. The lowest BCUT2D eigenvalue weighted by Gasteiger charge is -2.21. The molecule has 0 bridgehead atoms. The number of nitrogens with one attached hydrogen (secondary N) is 2. The summed E-state index contributed by atoms with van der Waals surface area (Å²) in [5, 5.41) is 8.39. The SMILES string of the molecule is CC(NC(=O)C(Cc1ccccc1)NC(=O)c1ccc(Cl)cc1)c1cccs1. The van der Waals surface area contributed by atoms with E-state index in [0.29, 0.717) is 17.0 Å². The standard InChI is InChI=1S/C22H21ClN2O2S/c1-15(20-8-5-13-28-20)24-22(27)19(14-16-6-3-2-4-7-16)25-21(26)17-9-11-18(23)12-10-17/h2-13,15,19H,14H2,1H3,(H,24,27)(H,25,26). The minimum Gasteiger partial charge on any atom is -0.347 e. The van der Waals surface area contributed by atoms with Gasteiger partial charge in [0.1, 0.15) is 6.04 Å². The fraction of sp³-hybridized carbons (Fsp3) is 0.182. The number of hydrogen-bond acceptors (Lipinski definition) is 3. The molecule has 0 saturated carbocycles. The van der Waals surface area contributed by atoms with Gasteiger partial charge in [0, 0.05) is 21.9 Å². The molecule has 2 N–H and O–H groups in total. The Balaban J connectivity index is 1.74. The normalized spacial score (nSPS) is 12.8. The number of carbonyl (C=O) groups excluding carboxylic acids is 2. The van der Waals surface area contributed by atoms with Crippen molar-refractivity contribution in [3.63, 3.8) is 0 Å². The third-order valence-electron chi connectivity index (χ3n) is 4.34. The second kappa shape index (κ2) is 9.53. The van der Waals surface area contributed by atoms with Crippen LogP contribution in [0.5, 0.6) is 0 Å². The van der Waals surface area contributed by atoms with Crippen LogP contribution in [0.4, 0.5) is 0 Å². The van der Waals surface area contributed by atoms with Gasteiger partial charge in [-0.3, -0.25) is 9.59 Å². The van der Waals surface area contributed by atoms with Crippen molar-refractivity contribution in [3.8, 4) is 0 Å². The van der Waals surface area contributed by atoms with Gasteiger partial charge < -0.3 is 10.6 Å². The first-order chi connectivity index (χ1) is 13.5. The van der Waals surface area contributed by atoms with Crippen LogP contribution in [-0.2, 0) is 11.2 Å². The van der Waals surface area contributed by atoms with E-state index >= 15 is 0 Å². The lowest BCUT2D eigenvalue weighted by atomic mass is 10.0. The second-order valence-corrected chi connectivity index (χ2v) is 7.88. The van der Waals surface area contributed by atoms with Crippen LogP contribution in [0.25, 0.3) is 0 Å². The van der Waals surface area contributed by atoms with E-state index in [1.165, 1.54) is 0 Å². The minimum absolute atomic E-state index is 0.127. The molecular weight excluding hydrogens is 392 g/mol. The Bertz CT molecular complexity index is 911. The van der Waals surface area contributed by atoms with E-state index < -0.39 is 6.04 Å². The van der Waals surface area contributed by atoms with Crippen molar-refractivity contribution >= 4 is 34.8 Å². The van der Waals surface area contributed by atoms with Crippen LogP contribution >= 0.6 is 22.9 Å². The van der Waals surface area contributed by atoms with Crippen molar-refractivity contribution in [1.82, 2.24) is 10.6 Å². The van der Waals surface area contributed by atoms with Gasteiger partial charge in [-0.25, -0.2) is 0 Å². The highest BCUT2D eigenvalue weighted by atomic mass is 35.5. The predicted octanol–water partition coefficient (Wildman–Crippen LogP) is 4.62. The number of thiophene rings is 1. The van der Waals surface area contributed by atoms with Crippen molar-refractivity contribution in [1.29, 1.82) is 0 Å². The van der Waals surface area contributed by atoms with Gasteiger partial charge in [-0.2, -0.15) is 0 Å². The molecule has 0 spiro atoms. The molecule has 2 unspecified atom stereocenters. The van der Waals surface area contributed by atoms with Crippen molar-refractivity contribution < 1.29 is 9.59 Å². The van der Waals surface area contributed by atoms with Crippen LogP contribution in [0.2, 0.25) is 5.02 Å². The molecule has 0 radical (unpaired) electrons. The summed E-state index contributed by atoms with van der Waals surface area (Å²) in [5.74, 6) is -0.524. The smallest absolute Gasteiger partial charge is 0.251 e. The molecule has 0 fully saturated rings. The summed E-state index contributed by atoms with van der Waals surface area (Å²) in [6.45, 7) is 1.93. The maximum atomic E-state index is 12.9. The Labute approximate surface area is 173 Å². The van der Waals surface area contributed by atoms with Crippen molar-refractivity contribution in [3.05, 3.63) is 93.1 Å². The average molecular weight is 413 g/mol. The van der Waals surface area contributed by atoms with Crippen LogP contribution in [0.3, 0.4) is 0 Å². The zero-order valence-corrected chi connectivity index (χ0v) is 17.0. The summed E-state index contributed by atoms with van der Waals surface area (Å²) in [4.78, 5) is 26.6. The molecule has 2 aromatic carbocycles. The highest BCUT2D eigenvalue weighted by Crippen LogP contribution is 2.18. The Morgan fingerprint density at radius 1 is 0.964 bits per heavy atom. The van der Waals surface area contributed by atoms with Crippen molar-refractivity contribution in [2.45, 2.75) is 25.4 Å². The molecule has 144 valence electrons. The van der Waals surface area contributed by atoms with Gasteiger partial charge >= 0.3 is 0 Å². The lowest BCUT2D eigenvalue weighted by molar-refractivity contribution is -0.123. The maximum Gasteiger partial charge on any atom is 0.251 e. The summed E-state index contributed by atoms with van der Waals surface area (Å²) >= 11 is 7.48. The van der Waals surface area contributed by atoms with E-state index in [1.807, 2.05) is 54.8 Å². The molecule has 0 aliphatic heterocycles. The summed E-state index contributed by atoms with van der Waals surface area (Å²) in [5.41, 5.74) is 1.43. The Morgan fingerprint density at radius 3 is 2.32 bits per heavy atom. The second-order valence-electron chi connectivity index (χ2n) is 6.47. The molecule has 0 aliphatic rings. The van der Waals surface area contributed by atoms with Crippen LogP contribution in [0.1, 0.15) is 33.8 Å². The van der Waals surface area contributed by atoms with Crippen molar-refractivity contribution in [2.75, 3.05) is 0 Å². The van der Waals surface area contributed by atoms with Gasteiger partial charge in [-0.1, -0.05) is 48.0 Å². The third kappa shape index (κ3) is 5.44. The molecule has 28 heavy (non-hydrogen) atoms. The maximum absolute atomic E-state index is 12.9. The Hall–Kier alpha value is -2.63. The molecule has 1 heterocycles. The molecule has 0 saturated heterocycles. The van der Waals surface area contributed by atoms with Gasteiger partial charge in [-0.05, 0) is 48.2 Å². The molecule has 2 atom stereocenters. The summed E-state index contributed by atoms with van der Waals surface area (Å²) < 4.78 is 0. The predicted molar refractivity (Wildman–Crippen MR) is 114 cm³/mol.